The van der Waals surface area contributed by atoms with E-state index in [1.54, 1.807) is 25.1 Å². The van der Waals surface area contributed by atoms with Crippen LogP contribution in [-0.4, -0.2) is 115 Å². The number of halogens is 4. The minimum atomic E-state index is -0.311. The molecular weight excluding hydrogens is 1100 g/mol. The Morgan fingerprint density at radius 3 is 1.49 bits per heavy atom. The topological polar surface area (TPSA) is 153 Å². The average molecular weight is 1170 g/mol. The molecule has 1 atom stereocenters. The molecule has 1 unspecified atom stereocenters. The van der Waals surface area contributed by atoms with E-state index in [0.717, 1.165) is 146 Å². The van der Waals surface area contributed by atoms with E-state index < -0.39 is 0 Å². The summed E-state index contributed by atoms with van der Waals surface area (Å²) in [6.45, 7) is 11.6. The number of anilines is 2. The molecule has 4 fully saturated rings. The Balaban J connectivity index is 0.000000159. The quantitative estimate of drug-likeness (QED) is 0.109. The standard InChI is InChI=1S/C30H32Cl2N4O3.C15H13Cl2NO2.C15H19N3O2.CH4/c1-18(15-22-28(33-39-29(22)19-7-8-19)27-24(31)5-4-6-25(27)32)35-11-13-36(14-12-35)20-9-10-21-23(30(37)38-3)17-34(2)26(21)16-20;1-8(19)7-10-14(18-20-15(10)9-5-6-9)13-11(16)3-2-4-12(13)17;1-17-10-13(15(19)20-2)12-4-3-11(9-14(12)17)18-7-5-16-6-8-18;/h4-6,9-10,16-19H,7-8,11-15H2,1-3H3;2-4,9H,5-7H2,1H3;3-4,9-10,16H,5-8H2,1-2H3;1H4. The normalized spacial score (nSPS) is 15.9. The molecule has 4 aliphatic rings. The lowest BCUT2D eigenvalue weighted by Gasteiger charge is -2.39. The maximum absolute atomic E-state index is 12.2. The Morgan fingerprint density at radius 1 is 0.637 bits per heavy atom. The first-order valence-electron chi connectivity index (χ1n) is 26.8. The Hall–Kier alpha value is -6.33. The number of carbonyl (C=O) groups excluding carboxylic acids is 3. The van der Waals surface area contributed by atoms with E-state index >= 15 is 0 Å². The van der Waals surface area contributed by atoms with Crippen molar-refractivity contribution in [1.29, 1.82) is 0 Å². The fourth-order valence-electron chi connectivity index (χ4n) is 10.9. The Morgan fingerprint density at radius 2 is 1.06 bits per heavy atom. The first-order chi connectivity index (χ1) is 38.1. The number of ether oxygens (including phenoxy) is 2. The molecule has 0 amide bonds. The maximum Gasteiger partial charge on any atom is 0.340 e. The zero-order valence-corrected chi connectivity index (χ0v) is 48.2. The number of piperazine rings is 2. The van der Waals surface area contributed by atoms with E-state index in [4.69, 9.17) is 64.9 Å². The number of aryl methyl sites for hydroxylation is 2. The zero-order chi connectivity index (χ0) is 55.6. The molecule has 80 heavy (non-hydrogen) atoms. The number of hydrogen-bond acceptors (Lipinski definition) is 13. The molecule has 19 heteroatoms. The number of methoxy groups -OCH3 is 2. The molecule has 12 rings (SSSR count). The first-order valence-corrected chi connectivity index (χ1v) is 28.3. The van der Waals surface area contributed by atoms with Gasteiger partial charge in [-0.15, -0.1) is 0 Å². The molecule has 2 aliphatic carbocycles. The second-order valence-corrected chi connectivity index (χ2v) is 22.5. The molecule has 2 saturated heterocycles. The lowest BCUT2D eigenvalue weighted by atomic mass is 9.97. The van der Waals surface area contributed by atoms with Crippen LogP contribution in [0.4, 0.5) is 11.4 Å². The lowest BCUT2D eigenvalue weighted by molar-refractivity contribution is -0.116. The van der Waals surface area contributed by atoms with E-state index in [0.29, 0.717) is 66.8 Å². The third kappa shape index (κ3) is 12.4. The molecule has 2 saturated carbocycles. The Labute approximate surface area is 486 Å². The summed E-state index contributed by atoms with van der Waals surface area (Å²) >= 11 is 25.6. The monoisotopic (exact) mass is 1160 g/mol. The number of hydrogen-bond donors (Lipinski definition) is 1. The van der Waals surface area contributed by atoms with Crippen LogP contribution in [0, 0.1) is 0 Å². The second-order valence-electron chi connectivity index (χ2n) is 20.9. The largest absolute Gasteiger partial charge is 0.465 e. The van der Waals surface area contributed by atoms with Crippen LogP contribution < -0.4 is 15.1 Å². The highest BCUT2D eigenvalue weighted by atomic mass is 35.5. The fourth-order valence-corrected chi connectivity index (χ4v) is 12.0. The molecule has 4 aromatic heterocycles. The summed E-state index contributed by atoms with van der Waals surface area (Å²) in [5, 5.41) is 16.0. The van der Waals surface area contributed by atoms with Gasteiger partial charge in [-0.2, -0.15) is 0 Å². The van der Waals surface area contributed by atoms with Gasteiger partial charge in [-0.3, -0.25) is 9.69 Å². The van der Waals surface area contributed by atoms with Crippen LogP contribution in [0.25, 0.3) is 44.3 Å². The predicted molar refractivity (Wildman–Crippen MR) is 320 cm³/mol. The average Bonchev–Trinajstić information content (AvgIpc) is 4.45. The number of nitrogens with one attached hydrogen (secondary N) is 1. The number of carbonyl (C=O) groups is 3. The predicted octanol–water partition coefficient (Wildman–Crippen LogP) is 13.2. The highest BCUT2D eigenvalue weighted by molar-refractivity contribution is 6.39. The molecule has 0 bridgehead atoms. The van der Waals surface area contributed by atoms with Crippen LogP contribution in [0.3, 0.4) is 0 Å². The maximum atomic E-state index is 12.2. The van der Waals surface area contributed by atoms with Crippen molar-refractivity contribution in [3.63, 3.8) is 0 Å². The number of nitrogens with zero attached hydrogens (tertiary/aromatic N) is 7. The van der Waals surface area contributed by atoms with Gasteiger partial charge in [0, 0.05) is 148 Å². The molecule has 1 N–H and O–H groups in total. The molecule has 422 valence electrons. The van der Waals surface area contributed by atoms with E-state index in [1.807, 2.05) is 66.0 Å². The van der Waals surface area contributed by atoms with E-state index in [1.165, 1.54) is 19.9 Å². The third-order valence-corrected chi connectivity index (χ3v) is 16.7. The van der Waals surface area contributed by atoms with Gasteiger partial charge in [0.05, 0.1) is 56.5 Å². The molecule has 0 radical (unpaired) electrons. The van der Waals surface area contributed by atoms with Crippen molar-refractivity contribution in [2.75, 3.05) is 76.4 Å². The van der Waals surface area contributed by atoms with Crippen molar-refractivity contribution in [2.24, 2.45) is 14.1 Å². The Kier molecular flexibility index (Phi) is 18.4. The van der Waals surface area contributed by atoms with Crippen LogP contribution in [0.1, 0.15) is 102 Å². The molecule has 15 nitrogen and oxygen atoms in total. The van der Waals surface area contributed by atoms with Crippen LogP contribution in [0.2, 0.25) is 20.1 Å². The molecule has 2 aliphatic heterocycles. The summed E-state index contributed by atoms with van der Waals surface area (Å²) in [6.07, 6.45) is 9.23. The molecule has 8 aromatic rings. The number of Topliss-reactive ketones (excluding diaryl/α,β-unsaturated/α-hetero) is 1. The van der Waals surface area contributed by atoms with Gasteiger partial charge in [0.15, 0.2) is 0 Å². The van der Waals surface area contributed by atoms with Gasteiger partial charge in [-0.1, -0.05) is 76.3 Å². The van der Waals surface area contributed by atoms with Crippen LogP contribution >= 0.6 is 46.4 Å². The van der Waals surface area contributed by atoms with Crippen LogP contribution in [0.5, 0.6) is 0 Å². The number of ketones is 1. The van der Waals surface area contributed by atoms with E-state index in [-0.39, 0.29) is 25.1 Å². The Bertz CT molecular complexity index is 3510. The smallest absolute Gasteiger partial charge is 0.340 e. The highest BCUT2D eigenvalue weighted by Crippen LogP contribution is 2.48. The fraction of sp³-hybridized carbons (Fsp3) is 0.393. The summed E-state index contributed by atoms with van der Waals surface area (Å²) in [7, 11) is 6.74. The number of rotatable bonds is 13. The van der Waals surface area contributed by atoms with Gasteiger partial charge >= 0.3 is 11.9 Å². The van der Waals surface area contributed by atoms with Gasteiger partial charge in [0.25, 0.3) is 0 Å². The van der Waals surface area contributed by atoms with Crippen LogP contribution in [0.15, 0.2) is 94.2 Å². The molecule has 0 spiro atoms. The van der Waals surface area contributed by atoms with Gasteiger partial charge < -0.3 is 42.8 Å². The molecule has 4 aromatic carbocycles. The molecular formula is C61H68Cl4N8O7. The minimum absolute atomic E-state index is 0. The van der Waals surface area contributed by atoms with Gasteiger partial charge in [-0.05, 0) is 107 Å². The zero-order valence-electron chi connectivity index (χ0n) is 45.2. The van der Waals surface area contributed by atoms with Gasteiger partial charge in [0.2, 0.25) is 0 Å². The summed E-state index contributed by atoms with van der Waals surface area (Å²) in [5.41, 5.74) is 10.4. The number of benzene rings is 4. The summed E-state index contributed by atoms with van der Waals surface area (Å²) in [5.74, 6) is 2.10. The third-order valence-electron chi connectivity index (χ3n) is 15.4. The van der Waals surface area contributed by atoms with Crippen molar-refractivity contribution in [1.82, 2.24) is 29.7 Å². The van der Waals surface area contributed by atoms with Gasteiger partial charge in [-0.25, -0.2) is 9.59 Å². The van der Waals surface area contributed by atoms with Gasteiger partial charge in [0.1, 0.15) is 28.7 Å². The first kappa shape index (κ1) is 58.3. The summed E-state index contributed by atoms with van der Waals surface area (Å²) in [4.78, 5) is 42.8. The van der Waals surface area contributed by atoms with E-state index in [9.17, 15) is 14.4 Å². The van der Waals surface area contributed by atoms with Crippen molar-refractivity contribution >= 4 is 97.3 Å². The minimum Gasteiger partial charge on any atom is -0.465 e. The number of aromatic nitrogens is 4. The second kappa shape index (κ2) is 25.2. The van der Waals surface area contributed by atoms with Crippen molar-refractivity contribution in [3.8, 4) is 22.5 Å². The lowest BCUT2D eigenvalue weighted by Crippen LogP contribution is -2.50. The van der Waals surface area contributed by atoms with Crippen molar-refractivity contribution in [2.45, 2.75) is 77.7 Å². The number of esters is 2. The van der Waals surface area contributed by atoms with Crippen LogP contribution in [-0.2, 0) is 41.2 Å². The number of fused-ring (bicyclic) bond motifs is 2. The van der Waals surface area contributed by atoms with E-state index in [2.05, 4.69) is 61.5 Å². The SMILES string of the molecule is C.CC(=O)Cc1c(-c2c(Cl)cccc2Cl)noc1C1CC1.COC(=O)c1cn(C)c2cc(N3CCN(C(C)Cc4c(-c5c(Cl)cccc5Cl)noc4C4CC4)CC3)ccc12.COC(=O)c1cn(C)c2cc(N3CCNCC3)ccc12. The summed E-state index contributed by atoms with van der Waals surface area (Å²) < 4.78 is 25.1. The van der Waals surface area contributed by atoms with Crippen molar-refractivity contribution in [3.05, 3.63) is 139 Å². The molecule has 6 heterocycles. The highest BCUT2D eigenvalue weighted by Gasteiger charge is 2.36. The van der Waals surface area contributed by atoms with Crippen molar-refractivity contribution < 1.29 is 32.9 Å². The summed E-state index contributed by atoms with van der Waals surface area (Å²) in [6, 6.07) is 23.7.